The summed E-state index contributed by atoms with van der Waals surface area (Å²) < 4.78 is 31.5. The van der Waals surface area contributed by atoms with Gasteiger partial charge in [0.25, 0.3) is 16.0 Å². The molecule has 0 aliphatic rings. The van der Waals surface area contributed by atoms with Gasteiger partial charge in [0, 0.05) is 16.6 Å². The zero-order valence-corrected chi connectivity index (χ0v) is 12.7. The van der Waals surface area contributed by atoms with Crippen LogP contribution in [0.1, 0.15) is 10.4 Å². The van der Waals surface area contributed by atoms with Crippen LogP contribution in [0.3, 0.4) is 0 Å². The average molecular weight is 351 g/mol. The Morgan fingerprint density at radius 2 is 1.62 bits per heavy atom. The van der Waals surface area contributed by atoms with Crippen LogP contribution >= 0.6 is 0 Å². The molecule has 0 saturated carbocycles. The topological polar surface area (TPSA) is 83.5 Å². The third kappa shape index (κ3) is 4.03. The van der Waals surface area contributed by atoms with Crippen molar-refractivity contribution in [3.8, 4) is 0 Å². The predicted octanol–water partition coefficient (Wildman–Crippen LogP) is 2.69. The van der Waals surface area contributed by atoms with E-state index in [-0.39, 0.29) is 40.4 Å². The number of hydrogen-bond acceptors (Lipinski definition) is 3. The average Bonchev–Trinajstić information content (AvgIpc) is 2.54. The van der Waals surface area contributed by atoms with Crippen LogP contribution in [0.25, 0.3) is 10.8 Å². The Bertz CT molecular complexity index is 988. The van der Waals surface area contributed by atoms with E-state index in [4.69, 9.17) is 4.55 Å². The second-order valence-electron chi connectivity index (χ2n) is 4.98. The van der Waals surface area contributed by atoms with Crippen LogP contribution in [0.4, 0.5) is 5.69 Å². The van der Waals surface area contributed by atoms with Gasteiger partial charge in [-0.1, -0.05) is 36.4 Å². The molecular weight excluding hydrogens is 337 g/mol. The third-order valence-electron chi connectivity index (χ3n) is 3.43. The molecule has 0 radical (unpaired) electrons. The molecule has 0 saturated heterocycles. The van der Waals surface area contributed by atoms with E-state index in [0.29, 0.717) is 22.0 Å². The van der Waals surface area contributed by atoms with Crippen molar-refractivity contribution >= 4 is 62.0 Å². The first-order valence-corrected chi connectivity index (χ1v) is 8.26. The van der Waals surface area contributed by atoms with Crippen LogP contribution in [0.5, 0.6) is 0 Å². The number of benzene rings is 3. The molecule has 2 N–H and O–H groups in total. The fraction of sp³-hybridized carbons (Fsp3) is 0. The van der Waals surface area contributed by atoms with E-state index in [1.54, 1.807) is 48.5 Å². The molecule has 0 unspecified atom stereocenters. The minimum atomic E-state index is -4.26. The molecule has 118 valence electrons. The van der Waals surface area contributed by atoms with Gasteiger partial charge in [0.1, 0.15) is 0 Å². The molecule has 0 fully saturated rings. The SMILES string of the molecule is O=C(Nc1cccc2cc(S(=O)(=O)O)ccc12)c1ccccc1.[NaH]. The Kier molecular flexibility index (Phi) is 5.79. The molecule has 0 spiro atoms. The third-order valence-corrected chi connectivity index (χ3v) is 4.28. The molecule has 3 aromatic carbocycles. The summed E-state index contributed by atoms with van der Waals surface area (Å²) >= 11 is 0. The van der Waals surface area contributed by atoms with E-state index in [1.807, 2.05) is 6.07 Å². The van der Waals surface area contributed by atoms with Gasteiger partial charge in [-0.15, -0.1) is 0 Å². The van der Waals surface area contributed by atoms with Gasteiger partial charge in [-0.05, 0) is 35.7 Å². The summed E-state index contributed by atoms with van der Waals surface area (Å²) in [4.78, 5) is 12.1. The summed E-state index contributed by atoms with van der Waals surface area (Å²) in [5.41, 5.74) is 1.09. The number of hydrogen-bond donors (Lipinski definition) is 2. The summed E-state index contributed by atoms with van der Waals surface area (Å²) in [6.07, 6.45) is 0. The van der Waals surface area contributed by atoms with Crippen molar-refractivity contribution in [1.29, 1.82) is 0 Å². The van der Waals surface area contributed by atoms with Crippen molar-refractivity contribution in [2.75, 3.05) is 5.32 Å². The second kappa shape index (κ2) is 7.46. The molecular formula is C17H14NNaO4S. The molecule has 1 amide bonds. The van der Waals surface area contributed by atoms with Crippen molar-refractivity contribution in [3.05, 3.63) is 72.3 Å². The zero-order valence-electron chi connectivity index (χ0n) is 11.9. The quantitative estimate of drug-likeness (QED) is 0.561. The molecule has 0 aliphatic carbocycles. The first-order valence-electron chi connectivity index (χ1n) is 6.82. The monoisotopic (exact) mass is 351 g/mol. The van der Waals surface area contributed by atoms with Crippen LogP contribution in [-0.4, -0.2) is 48.4 Å². The van der Waals surface area contributed by atoms with E-state index >= 15 is 0 Å². The number of carbonyl (C=O) groups excluding carboxylic acids is 1. The molecule has 0 aliphatic heterocycles. The normalized spacial score (nSPS) is 10.9. The van der Waals surface area contributed by atoms with Crippen LogP contribution < -0.4 is 5.32 Å². The summed E-state index contributed by atoms with van der Waals surface area (Å²) in [5.74, 6) is -0.253. The number of nitrogens with one attached hydrogen (secondary N) is 1. The number of anilines is 1. The summed E-state index contributed by atoms with van der Waals surface area (Å²) in [6, 6.07) is 18.2. The molecule has 0 atom stereocenters. The van der Waals surface area contributed by atoms with Gasteiger partial charge in [-0.3, -0.25) is 9.35 Å². The second-order valence-corrected chi connectivity index (χ2v) is 6.41. The minimum absolute atomic E-state index is 0. The van der Waals surface area contributed by atoms with E-state index in [1.165, 1.54) is 12.1 Å². The fourth-order valence-electron chi connectivity index (χ4n) is 2.32. The van der Waals surface area contributed by atoms with Crippen molar-refractivity contribution in [2.24, 2.45) is 0 Å². The number of carbonyl (C=O) groups is 1. The Hall–Kier alpha value is -1.70. The molecule has 3 aromatic rings. The number of fused-ring (bicyclic) bond motifs is 1. The van der Waals surface area contributed by atoms with Crippen LogP contribution in [0.2, 0.25) is 0 Å². The first-order chi connectivity index (χ1) is 10.9. The van der Waals surface area contributed by atoms with Gasteiger partial charge in [-0.2, -0.15) is 8.42 Å². The Labute approximate surface area is 161 Å². The van der Waals surface area contributed by atoms with Gasteiger partial charge in [0.05, 0.1) is 4.90 Å². The standard InChI is InChI=1S/C17H13NO4S.Na.H/c19-17(12-5-2-1-3-6-12)18-16-8-4-7-13-11-14(23(20,21)22)9-10-15(13)16;;/h1-11H,(H,18,19)(H,20,21,22);;. The van der Waals surface area contributed by atoms with Gasteiger partial charge in [-0.25, -0.2) is 0 Å². The van der Waals surface area contributed by atoms with E-state index in [0.717, 1.165) is 0 Å². The number of amides is 1. The molecule has 0 bridgehead atoms. The Balaban J connectivity index is 0.00000208. The van der Waals surface area contributed by atoms with Crippen molar-refractivity contribution in [2.45, 2.75) is 4.90 Å². The molecule has 3 rings (SSSR count). The maximum absolute atomic E-state index is 12.2. The first kappa shape index (κ1) is 18.6. The van der Waals surface area contributed by atoms with Crippen LogP contribution in [0.15, 0.2) is 71.6 Å². The van der Waals surface area contributed by atoms with Gasteiger partial charge >= 0.3 is 29.6 Å². The summed E-state index contributed by atoms with van der Waals surface area (Å²) in [5, 5.41) is 4.10. The predicted molar refractivity (Wildman–Crippen MR) is 95.3 cm³/mol. The van der Waals surface area contributed by atoms with E-state index in [9.17, 15) is 13.2 Å². The summed E-state index contributed by atoms with van der Waals surface area (Å²) in [6.45, 7) is 0. The summed E-state index contributed by atoms with van der Waals surface area (Å²) in [7, 11) is -4.26. The Morgan fingerprint density at radius 3 is 2.29 bits per heavy atom. The van der Waals surface area contributed by atoms with Gasteiger partial charge in [0.2, 0.25) is 0 Å². The number of rotatable bonds is 3. The van der Waals surface area contributed by atoms with Crippen molar-refractivity contribution in [1.82, 2.24) is 0 Å². The van der Waals surface area contributed by atoms with Crippen molar-refractivity contribution < 1.29 is 17.8 Å². The maximum atomic E-state index is 12.2. The molecule has 24 heavy (non-hydrogen) atoms. The van der Waals surface area contributed by atoms with Crippen molar-refractivity contribution in [3.63, 3.8) is 0 Å². The van der Waals surface area contributed by atoms with E-state index < -0.39 is 10.1 Å². The van der Waals surface area contributed by atoms with E-state index in [2.05, 4.69) is 5.32 Å². The molecule has 7 heteroatoms. The Morgan fingerprint density at radius 1 is 0.917 bits per heavy atom. The zero-order chi connectivity index (χ0) is 16.4. The molecule has 5 nitrogen and oxygen atoms in total. The fourth-order valence-corrected chi connectivity index (χ4v) is 2.83. The van der Waals surface area contributed by atoms with Gasteiger partial charge < -0.3 is 5.32 Å². The molecule has 0 heterocycles. The van der Waals surface area contributed by atoms with Crippen LogP contribution in [-0.2, 0) is 10.1 Å². The van der Waals surface area contributed by atoms with Crippen LogP contribution in [0, 0.1) is 0 Å². The van der Waals surface area contributed by atoms with Gasteiger partial charge in [0.15, 0.2) is 0 Å². The molecule has 0 aromatic heterocycles.